The molecule has 0 fully saturated rings. The maximum Gasteiger partial charge on any atom is 0.195 e. The van der Waals surface area contributed by atoms with E-state index < -0.39 is 4.84 Å². The molecule has 3 heteroatoms. The van der Waals surface area contributed by atoms with Gasteiger partial charge in [-0.2, -0.15) is 0 Å². The first-order valence-corrected chi connectivity index (χ1v) is 6.68. The maximum atomic E-state index is 11.9. The van der Waals surface area contributed by atoms with Gasteiger partial charge in [0.1, 0.15) is 0 Å². The van der Waals surface area contributed by atoms with Gasteiger partial charge < -0.3 is 0 Å². The highest BCUT2D eigenvalue weighted by molar-refractivity contribution is 6.55. The Morgan fingerprint density at radius 2 is 1.65 bits per heavy atom. The molecule has 94 valence electrons. The number of carbonyl (C=O) groups excluding carboxylic acids is 1. The first-order chi connectivity index (χ1) is 7.84. The molecular weight excluding hydrogens is 255 g/mol. The molecule has 0 amide bonds. The Bertz CT molecular complexity index is 409. The zero-order valence-corrected chi connectivity index (χ0v) is 12.1. The summed E-state index contributed by atoms with van der Waals surface area (Å²) in [6, 6.07) is 5.89. The fraction of sp³-hybridized carbons (Fsp3) is 0.500. The van der Waals surface area contributed by atoms with E-state index in [1.54, 1.807) is 0 Å². The van der Waals surface area contributed by atoms with Crippen LogP contribution in [0.2, 0.25) is 0 Å². The summed E-state index contributed by atoms with van der Waals surface area (Å²) in [5, 5.41) is 0. The van der Waals surface area contributed by atoms with Gasteiger partial charge in [0.15, 0.2) is 10.6 Å². The second kappa shape index (κ2) is 5.88. The third kappa shape index (κ3) is 3.46. The maximum absolute atomic E-state index is 11.9. The van der Waals surface area contributed by atoms with Crippen LogP contribution in [0.4, 0.5) is 0 Å². The highest BCUT2D eigenvalue weighted by Gasteiger charge is 2.20. The minimum Gasteiger partial charge on any atom is -0.291 e. The number of benzene rings is 1. The molecule has 0 saturated heterocycles. The molecule has 1 aromatic carbocycles. The van der Waals surface area contributed by atoms with Gasteiger partial charge in [-0.15, -0.1) is 0 Å². The largest absolute Gasteiger partial charge is 0.291 e. The quantitative estimate of drug-likeness (QED) is 0.562. The summed E-state index contributed by atoms with van der Waals surface area (Å²) in [5.74, 6) is 0.506. The van der Waals surface area contributed by atoms with Crippen molar-refractivity contribution in [3.8, 4) is 0 Å². The van der Waals surface area contributed by atoms with Crippen LogP contribution in [-0.4, -0.2) is 10.6 Å². The fourth-order valence-electron chi connectivity index (χ4n) is 1.76. The number of carbonyl (C=O) groups is 1. The molecule has 0 unspecified atom stereocenters. The highest BCUT2D eigenvalue weighted by atomic mass is 35.5. The molecule has 0 aliphatic carbocycles. The minimum absolute atomic E-state index is 0.215. The van der Waals surface area contributed by atoms with Crippen LogP contribution in [0.25, 0.3) is 0 Å². The van der Waals surface area contributed by atoms with Gasteiger partial charge in [0, 0.05) is 5.56 Å². The van der Waals surface area contributed by atoms with Crippen LogP contribution in [0.1, 0.15) is 61.0 Å². The molecule has 1 aromatic rings. The average Bonchev–Trinajstić information content (AvgIpc) is 2.26. The van der Waals surface area contributed by atoms with Crippen molar-refractivity contribution in [1.82, 2.24) is 0 Å². The zero-order chi connectivity index (χ0) is 13.2. The van der Waals surface area contributed by atoms with Crippen LogP contribution in [0.5, 0.6) is 0 Å². The van der Waals surface area contributed by atoms with E-state index in [0.29, 0.717) is 11.5 Å². The molecule has 0 atom stereocenters. The van der Waals surface area contributed by atoms with Crippen molar-refractivity contribution in [3.63, 3.8) is 0 Å². The van der Waals surface area contributed by atoms with Crippen LogP contribution in [-0.2, 0) is 0 Å². The van der Waals surface area contributed by atoms with Crippen LogP contribution in [0.15, 0.2) is 18.2 Å². The van der Waals surface area contributed by atoms with Crippen LogP contribution in [0.3, 0.4) is 0 Å². The summed E-state index contributed by atoms with van der Waals surface area (Å²) in [5.41, 5.74) is 2.89. The Hall–Kier alpha value is -0.530. The van der Waals surface area contributed by atoms with Crippen molar-refractivity contribution in [3.05, 3.63) is 34.9 Å². The Morgan fingerprint density at radius 3 is 2.06 bits per heavy atom. The van der Waals surface area contributed by atoms with Gasteiger partial charge >= 0.3 is 0 Å². The second-order valence-electron chi connectivity index (χ2n) is 4.82. The van der Waals surface area contributed by atoms with E-state index in [1.165, 1.54) is 5.56 Å². The highest BCUT2D eigenvalue weighted by Crippen LogP contribution is 2.27. The summed E-state index contributed by atoms with van der Waals surface area (Å²) < 4.78 is 0. The van der Waals surface area contributed by atoms with Gasteiger partial charge in [0.05, 0.1) is 0 Å². The Balaban J connectivity index is 3.27. The molecule has 0 aromatic heterocycles. The van der Waals surface area contributed by atoms with Crippen molar-refractivity contribution in [2.24, 2.45) is 0 Å². The first kappa shape index (κ1) is 14.5. The molecule has 1 nitrogen and oxygen atoms in total. The number of hydrogen-bond donors (Lipinski definition) is 0. The van der Waals surface area contributed by atoms with Gasteiger partial charge in [-0.3, -0.25) is 4.79 Å². The molecular formula is C14H18Cl2O. The number of alkyl halides is 2. The fourth-order valence-corrected chi connectivity index (χ4v) is 2.00. The molecule has 0 bridgehead atoms. The second-order valence-corrected chi connectivity index (χ2v) is 5.92. The third-order valence-electron chi connectivity index (χ3n) is 2.83. The topological polar surface area (TPSA) is 17.1 Å². The Labute approximate surface area is 113 Å². The molecule has 0 spiro atoms. The van der Waals surface area contributed by atoms with Crippen molar-refractivity contribution >= 4 is 29.0 Å². The smallest absolute Gasteiger partial charge is 0.195 e. The van der Waals surface area contributed by atoms with Gasteiger partial charge in [-0.1, -0.05) is 69.1 Å². The average molecular weight is 273 g/mol. The predicted molar refractivity (Wildman–Crippen MR) is 74.4 cm³/mol. The Morgan fingerprint density at radius 1 is 1.06 bits per heavy atom. The van der Waals surface area contributed by atoms with Crippen LogP contribution >= 0.6 is 23.2 Å². The predicted octanol–water partition coefficient (Wildman–Crippen LogP) is 4.92. The Kier molecular flexibility index (Phi) is 5.03. The van der Waals surface area contributed by atoms with Crippen LogP contribution < -0.4 is 0 Å². The lowest BCUT2D eigenvalue weighted by atomic mass is 9.90. The van der Waals surface area contributed by atoms with E-state index in [0.717, 1.165) is 5.56 Å². The van der Waals surface area contributed by atoms with E-state index in [2.05, 4.69) is 33.8 Å². The lowest BCUT2D eigenvalue weighted by molar-refractivity contribution is 0.101. The molecule has 0 aliphatic heterocycles. The van der Waals surface area contributed by atoms with Gasteiger partial charge in [0.25, 0.3) is 0 Å². The third-order valence-corrected chi connectivity index (χ3v) is 3.22. The van der Waals surface area contributed by atoms with Gasteiger partial charge in [-0.25, -0.2) is 0 Å². The monoisotopic (exact) mass is 272 g/mol. The van der Waals surface area contributed by atoms with Crippen molar-refractivity contribution in [2.45, 2.75) is 44.4 Å². The van der Waals surface area contributed by atoms with Crippen LogP contribution in [0, 0.1) is 0 Å². The van der Waals surface area contributed by atoms with Gasteiger partial charge in [-0.05, 0) is 23.0 Å². The van der Waals surface area contributed by atoms with Crippen molar-refractivity contribution in [1.29, 1.82) is 0 Å². The molecule has 17 heavy (non-hydrogen) atoms. The molecule has 0 aliphatic rings. The van der Waals surface area contributed by atoms with Crippen molar-refractivity contribution < 1.29 is 4.79 Å². The molecule has 0 heterocycles. The lowest BCUT2D eigenvalue weighted by Gasteiger charge is -2.15. The lowest BCUT2D eigenvalue weighted by Crippen LogP contribution is -2.12. The normalized spacial score (nSPS) is 11.6. The number of hydrogen-bond acceptors (Lipinski definition) is 1. The molecule has 1 rings (SSSR count). The summed E-state index contributed by atoms with van der Waals surface area (Å²) in [6.45, 7) is 8.39. The summed E-state index contributed by atoms with van der Waals surface area (Å²) in [6.07, 6.45) is 0. The molecule has 0 N–H and O–H groups in total. The SMILES string of the molecule is CC(C)c1ccc(C(=O)C(Cl)Cl)c(C(C)C)c1. The summed E-state index contributed by atoms with van der Waals surface area (Å²) >= 11 is 11.3. The van der Waals surface area contributed by atoms with E-state index in [-0.39, 0.29) is 11.7 Å². The summed E-state index contributed by atoms with van der Waals surface area (Å²) in [4.78, 5) is 10.9. The van der Waals surface area contributed by atoms with Crippen molar-refractivity contribution in [2.75, 3.05) is 0 Å². The summed E-state index contributed by atoms with van der Waals surface area (Å²) in [7, 11) is 0. The van der Waals surface area contributed by atoms with Gasteiger partial charge in [0.2, 0.25) is 0 Å². The zero-order valence-electron chi connectivity index (χ0n) is 10.6. The number of halogens is 2. The number of Topliss-reactive ketones (excluding diaryl/α,β-unsaturated/α-hetero) is 1. The van der Waals surface area contributed by atoms with E-state index in [1.807, 2.05) is 12.1 Å². The van der Waals surface area contributed by atoms with E-state index in [9.17, 15) is 4.79 Å². The van der Waals surface area contributed by atoms with E-state index >= 15 is 0 Å². The van der Waals surface area contributed by atoms with E-state index in [4.69, 9.17) is 23.2 Å². The molecule has 0 saturated carbocycles. The minimum atomic E-state index is -0.989. The number of ketones is 1. The first-order valence-electron chi connectivity index (χ1n) is 5.80. The molecule has 0 radical (unpaired) electrons. The number of rotatable bonds is 4. The standard InChI is InChI=1S/C14H18Cl2O/c1-8(2)10-5-6-11(13(17)14(15)16)12(7-10)9(3)4/h5-9,14H,1-4H3.